The molecule has 0 saturated heterocycles. The lowest BCUT2D eigenvalue weighted by Crippen LogP contribution is -2.24. The Balaban J connectivity index is 2.26. The maximum atomic E-state index is 13.5. The number of anilines is 1. The standard InChI is InChI=1S/C13H11BrF2N2O2S/c14-11-3-2-10(17)6-13(11)21(19,20)18-7-8-5-9(15)1-4-12(8)16/h1-6,18H,7,17H2. The van der Waals surface area contributed by atoms with Gasteiger partial charge in [-0.05, 0) is 52.3 Å². The largest absolute Gasteiger partial charge is 0.399 e. The van der Waals surface area contributed by atoms with E-state index in [0.29, 0.717) is 4.47 Å². The number of hydrogen-bond donors (Lipinski definition) is 2. The summed E-state index contributed by atoms with van der Waals surface area (Å²) in [5.74, 6) is -1.33. The highest BCUT2D eigenvalue weighted by Crippen LogP contribution is 2.24. The average molecular weight is 377 g/mol. The Labute approximate surface area is 129 Å². The zero-order chi connectivity index (χ0) is 15.6. The second kappa shape index (κ2) is 6.08. The molecule has 0 amide bonds. The van der Waals surface area contributed by atoms with Crippen LogP contribution in [0.2, 0.25) is 0 Å². The van der Waals surface area contributed by atoms with E-state index in [4.69, 9.17) is 5.73 Å². The van der Waals surface area contributed by atoms with Crippen molar-refractivity contribution in [3.8, 4) is 0 Å². The minimum Gasteiger partial charge on any atom is -0.399 e. The molecule has 0 bridgehead atoms. The maximum Gasteiger partial charge on any atom is 0.242 e. The van der Waals surface area contributed by atoms with Gasteiger partial charge in [0.2, 0.25) is 10.0 Å². The zero-order valence-electron chi connectivity index (χ0n) is 10.6. The summed E-state index contributed by atoms with van der Waals surface area (Å²) in [4.78, 5) is -0.0701. The molecule has 0 saturated carbocycles. The summed E-state index contributed by atoms with van der Waals surface area (Å²) in [5.41, 5.74) is 5.74. The first kappa shape index (κ1) is 15.9. The van der Waals surface area contributed by atoms with Crippen LogP contribution in [-0.2, 0) is 16.6 Å². The van der Waals surface area contributed by atoms with E-state index in [1.54, 1.807) is 0 Å². The molecule has 0 aliphatic heterocycles. The predicted molar refractivity (Wildman–Crippen MR) is 78.9 cm³/mol. The fraction of sp³-hybridized carbons (Fsp3) is 0.0769. The van der Waals surface area contributed by atoms with Crippen LogP contribution in [0.15, 0.2) is 45.8 Å². The van der Waals surface area contributed by atoms with Crippen molar-refractivity contribution in [3.63, 3.8) is 0 Å². The first-order valence-corrected chi connectivity index (χ1v) is 8.06. The van der Waals surface area contributed by atoms with Crippen molar-refractivity contribution < 1.29 is 17.2 Å². The van der Waals surface area contributed by atoms with Crippen LogP contribution in [-0.4, -0.2) is 8.42 Å². The Kier molecular flexibility index (Phi) is 4.60. The molecule has 0 unspecified atom stereocenters. The van der Waals surface area contributed by atoms with Gasteiger partial charge in [0.05, 0.1) is 4.90 Å². The Morgan fingerprint density at radius 2 is 1.86 bits per heavy atom. The topological polar surface area (TPSA) is 72.2 Å². The van der Waals surface area contributed by atoms with Gasteiger partial charge in [0.15, 0.2) is 0 Å². The Morgan fingerprint density at radius 3 is 2.57 bits per heavy atom. The highest BCUT2D eigenvalue weighted by atomic mass is 79.9. The summed E-state index contributed by atoms with van der Waals surface area (Å²) in [7, 11) is -3.91. The molecular weight excluding hydrogens is 366 g/mol. The van der Waals surface area contributed by atoms with Crippen LogP contribution in [0.1, 0.15) is 5.56 Å². The smallest absolute Gasteiger partial charge is 0.242 e. The second-order valence-corrected chi connectivity index (χ2v) is 6.84. The van der Waals surface area contributed by atoms with Crippen molar-refractivity contribution >= 4 is 31.6 Å². The highest BCUT2D eigenvalue weighted by Gasteiger charge is 2.18. The first-order chi connectivity index (χ1) is 9.79. The molecule has 2 aromatic rings. The molecular formula is C13H11BrF2N2O2S. The number of hydrogen-bond acceptors (Lipinski definition) is 3. The van der Waals surface area contributed by atoms with Gasteiger partial charge >= 0.3 is 0 Å². The second-order valence-electron chi connectivity index (χ2n) is 4.25. The monoisotopic (exact) mass is 376 g/mol. The molecule has 0 radical (unpaired) electrons. The molecule has 0 heterocycles. The summed E-state index contributed by atoms with van der Waals surface area (Å²) in [6.45, 7) is -0.368. The van der Waals surface area contributed by atoms with Crippen LogP contribution in [0, 0.1) is 11.6 Å². The number of benzene rings is 2. The van der Waals surface area contributed by atoms with E-state index in [-0.39, 0.29) is 22.7 Å². The predicted octanol–water partition coefficient (Wildman–Crippen LogP) is 2.79. The van der Waals surface area contributed by atoms with Gasteiger partial charge in [-0.3, -0.25) is 0 Å². The van der Waals surface area contributed by atoms with Gasteiger partial charge < -0.3 is 5.73 Å². The third kappa shape index (κ3) is 3.78. The van der Waals surface area contributed by atoms with Crippen molar-refractivity contribution in [2.75, 3.05) is 5.73 Å². The van der Waals surface area contributed by atoms with Crippen LogP contribution in [0.4, 0.5) is 14.5 Å². The SMILES string of the molecule is Nc1ccc(Br)c(S(=O)(=O)NCc2cc(F)ccc2F)c1. The van der Waals surface area contributed by atoms with Crippen molar-refractivity contribution in [2.45, 2.75) is 11.4 Å². The lowest BCUT2D eigenvalue weighted by atomic mass is 10.2. The summed E-state index contributed by atoms with van der Waals surface area (Å²) in [5, 5.41) is 0. The summed E-state index contributed by atoms with van der Waals surface area (Å²) < 4.78 is 53.4. The van der Waals surface area contributed by atoms with E-state index < -0.39 is 21.7 Å². The van der Waals surface area contributed by atoms with Gasteiger partial charge in [0.25, 0.3) is 0 Å². The third-order valence-corrected chi connectivity index (χ3v) is 5.10. The number of sulfonamides is 1. The Bertz CT molecular complexity index is 782. The highest BCUT2D eigenvalue weighted by molar-refractivity contribution is 9.10. The number of rotatable bonds is 4. The minimum atomic E-state index is -3.91. The first-order valence-electron chi connectivity index (χ1n) is 5.78. The van der Waals surface area contributed by atoms with E-state index in [1.807, 2.05) is 0 Å². The summed E-state index contributed by atoms with van der Waals surface area (Å²) in [6, 6.07) is 7.14. The van der Waals surface area contributed by atoms with Gasteiger partial charge in [0, 0.05) is 22.3 Å². The molecule has 0 aliphatic rings. The molecule has 0 aromatic heterocycles. The van der Waals surface area contributed by atoms with E-state index in [2.05, 4.69) is 20.7 Å². The van der Waals surface area contributed by atoms with Crippen molar-refractivity contribution in [1.29, 1.82) is 0 Å². The van der Waals surface area contributed by atoms with Crippen LogP contribution in [0.3, 0.4) is 0 Å². The molecule has 0 fully saturated rings. The Hall–Kier alpha value is -1.51. The zero-order valence-corrected chi connectivity index (χ0v) is 13.0. The maximum absolute atomic E-state index is 13.5. The molecule has 0 atom stereocenters. The third-order valence-electron chi connectivity index (χ3n) is 2.71. The van der Waals surface area contributed by atoms with E-state index in [1.165, 1.54) is 18.2 Å². The normalized spacial score (nSPS) is 11.6. The molecule has 0 aliphatic carbocycles. The van der Waals surface area contributed by atoms with Gasteiger partial charge in [-0.15, -0.1) is 0 Å². The lowest BCUT2D eigenvalue weighted by Gasteiger charge is -2.10. The molecule has 2 aromatic carbocycles. The van der Waals surface area contributed by atoms with Gasteiger partial charge in [-0.2, -0.15) is 0 Å². The van der Waals surface area contributed by atoms with E-state index >= 15 is 0 Å². The number of nitrogen functional groups attached to an aromatic ring is 1. The van der Waals surface area contributed by atoms with Crippen molar-refractivity contribution in [1.82, 2.24) is 4.72 Å². The van der Waals surface area contributed by atoms with E-state index in [9.17, 15) is 17.2 Å². The van der Waals surface area contributed by atoms with Crippen molar-refractivity contribution in [3.05, 3.63) is 58.1 Å². The fourth-order valence-corrected chi connectivity index (χ4v) is 3.66. The van der Waals surface area contributed by atoms with Crippen LogP contribution in [0.5, 0.6) is 0 Å². The lowest BCUT2D eigenvalue weighted by molar-refractivity contribution is 0.566. The number of nitrogens with one attached hydrogen (secondary N) is 1. The fourth-order valence-electron chi connectivity index (χ4n) is 1.66. The minimum absolute atomic E-state index is 0.0701. The van der Waals surface area contributed by atoms with Gasteiger partial charge in [-0.1, -0.05) is 0 Å². The van der Waals surface area contributed by atoms with Crippen molar-refractivity contribution in [2.24, 2.45) is 0 Å². The van der Waals surface area contributed by atoms with Crippen LogP contribution < -0.4 is 10.5 Å². The quantitative estimate of drug-likeness (QED) is 0.805. The molecule has 0 spiro atoms. The number of halogens is 3. The average Bonchev–Trinajstić information content (AvgIpc) is 2.42. The van der Waals surface area contributed by atoms with Crippen LogP contribution in [0.25, 0.3) is 0 Å². The molecule has 2 rings (SSSR count). The molecule has 3 N–H and O–H groups in total. The summed E-state index contributed by atoms with van der Waals surface area (Å²) >= 11 is 3.11. The molecule has 112 valence electrons. The van der Waals surface area contributed by atoms with Crippen LogP contribution >= 0.6 is 15.9 Å². The molecule has 8 heteroatoms. The molecule has 4 nitrogen and oxygen atoms in total. The van der Waals surface area contributed by atoms with Gasteiger partial charge in [-0.25, -0.2) is 21.9 Å². The molecule has 21 heavy (non-hydrogen) atoms. The van der Waals surface area contributed by atoms with Gasteiger partial charge in [0.1, 0.15) is 11.6 Å². The van der Waals surface area contributed by atoms with E-state index in [0.717, 1.165) is 18.2 Å². The number of nitrogens with two attached hydrogens (primary N) is 1. The summed E-state index contributed by atoms with van der Waals surface area (Å²) in [6.07, 6.45) is 0. The Morgan fingerprint density at radius 1 is 1.14 bits per heavy atom.